The predicted molar refractivity (Wildman–Crippen MR) is 78.4 cm³/mol. The Bertz CT molecular complexity index is 944. The zero-order chi connectivity index (χ0) is 16.2. The third-order valence-corrected chi connectivity index (χ3v) is 3.64. The van der Waals surface area contributed by atoms with Gasteiger partial charge in [0.25, 0.3) is 0 Å². The van der Waals surface area contributed by atoms with Gasteiger partial charge in [-0.3, -0.25) is 4.98 Å². The van der Waals surface area contributed by atoms with E-state index in [2.05, 4.69) is 24.4 Å². The average Bonchev–Trinajstić information content (AvgIpc) is 2.78. The number of benzene rings is 1. The number of hydrogen-bond acceptors (Lipinski definition) is 5. The van der Waals surface area contributed by atoms with E-state index in [1.165, 1.54) is 12.1 Å². The topological polar surface area (TPSA) is 57.1 Å². The third-order valence-electron chi connectivity index (χ3n) is 3.64. The molecule has 116 valence electrons. The minimum Gasteiger partial charge on any atom is -0.395 e. The first-order valence-electron chi connectivity index (χ1n) is 6.92. The van der Waals surface area contributed by atoms with Crippen LogP contribution in [0.3, 0.4) is 0 Å². The summed E-state index contributed by atoms with van der Waals surface area (Å²) in [7, 11) is 0. The van der Waals surface area contributed by atoms with Crippen molar-refractivity contribution in [2.24, 2.45) is 0 Å². The van der Waals surface area contributed by atoms with Gasteiger partial charge in [-0.1, -0.05) is 0 Å². The lowest BCUT2D eigenvalue weighted by molar-refractivity contribution is -0.286. The molecular weight excluding hydrogens is 304 g/mol. The standard InChI is InChI=1S/C16H11F2N3O2/c1-8-7-19-4-3-10(8)15-9(2)20-11-5-13-14(6-12(11)21-15)23-16(17,18)22-13/h3-7H,1-2H3. The fourth-order valence-corrected chi connectivity index (χ4v) is 2.58. The van der Waals surface area contributed by atoms with Crippen LogP contribution in [-0.4, -0.2) is 21.2 Å². The second-order valence-electron chi connectivity index (χ2n) is 5.30. The van der Waals surface area contributed by atoms with E-state index in [1.54, 1.807) is 12.4 Å². The van der Waals surface area contributed by atoms with Gasteiger partial charge in [-0.05, 0) is 25.5 Å². The number of nitrogens with zero attached hydrogens (tertiary/aromatic N) is 3. The van der Waals surface area contributed by atoms with Crippen molar-refractivity contribution < 1.29 is 18.3 Å². The van der Waals surface area contributed by atoms with Crippen molar-refractivity contribution in [1.29, 1.82) is 0 Å². The molecular formula is C16H11F2N3O2. The van der Waals surface area contributed by atoms with Gasteiger partial charge < -0.3 is 9.47 Å². The van der Waals surface area contributed by atoms with E-state index in [-0.39, 0.29) is 11.5 Å². The summed E-state index contributed by atoms with van der Waals surface area (Å²) in [5.41, 5.74) is 4.16. The van der Waals surface area contributed by atoms with E-state index in [0.29, 0.717) is 22.4 Å². The molecule has 1 aliphatic heterocycles. The smallest absolute Gasteiger partial charge is 0.395 e. The van der Waals surface area contributed by atoms with Crippen molar-refractivity contribution in [2.75, 3.05) is 0 Å². The van der Waals surface area contributed by atoms with Crippen LogP contribution in [0.15, 0.2) is 30.6 Å². The lowest BCUT2D eigenvalue weighted by Crippen LogP contribution is -2.25. The van der Waals surface area contributed by atoms with Crippen molar-refractivity contribution in [2.45, 2.75) is 20.1 Å². The van der Waals surface area contributed by atoms with Crippen LogP contribution >= 0.6 is 0 Å². The normalized spacial score (nSPS) is 15.1. The van der Waals surface area contributed by atoms with Gasteiger partial charge in [0.15, 0.2) is 11.5 Å². The van der Waals surface area contributed by atoms with Crippen molar-refractivity contribution in [3.05, 3.63) is 41.9 Å². The number of pyridine rings is 1. The van der Waals surface area contributed by atoms with Crippen molar-refractivity contribution in [3.8, 4) is 22.8 Å². The van der Waals surface area contributed by atoms with Gasteiger partial charge in [0.05, 0.1) is 22.4 Å². The molecule has 0 spiro atoms. The van der Waals surface area contributed by atoms with Crippen LogP contribution in [0, 0.1) is 13.8 Å². The molecule has 1 aliphatic rings. The molecule has 0 N–H and O–H groups in total. The molecule has 4 rings (SSSR count). The van der Waals surface area contributed by atoms with E-state index in [0.717, 1.165) is 11.1 Å². The zero-order valence-corrected chi connectivity index (χ0v) is 12.3. The van der Waals surface area contributed by atoms with Crippen LogP contribution in [0.1, 0.15) is 11.3 Å². The Labute approximate surface area is 129 Å². The van der Waals surface area contributed by atoms with E-state index in [1.807, 2.05) is 19.9 Å². The van der Waals surface area contributed by atoms with Gasteiger partial charge in [-0.2, -0.15) is 0 Å². The molecule has 7 heteroatoms. The number of aromatic nitrogens is 3. The summed E-state index contributed by atoms with van der Waals surface area (Å²) in [6.07, 6.45) is -0.242. The predicted octanol–water partition coefficient (Wildman–Crippen LogP) is 3.63. The van der Waals surface area contributed by atoms with Crippen LogP contribution in [0.4, 0.5) is 8.78 Å². The monoisotopic (exact) mass is 315 g/mol. The molecule has 0 atom stereocenters. The van der Waals surface area contributed by atoms with Crippen molar-refractivity contribution in [3.63, 3.8) is 0 Å². The maximum atomic E-state index is 13.2. The number of aryl methyl sites for hydroxylation is 2. The number of alkyl halides is 2. The summed E-state index contributed by atoms with van der Waals surface area (Å²) in [6, 6.07) is 4.67. The van der Waals surface area contributed by atoms with Gasteiger partial charge in [0.2, 0.25) is 0 Å². The number of hydrogen-bond donors (Lipinski definition) is 0. The van der Waals surface area contributed by atoms with Crippen molar-refractivity contribution >= 4 is 11.0 Å². The van der Waals surface area contributed by atoms with Crippen LogP contribution < -0.4 is 9.47 Å². The zero-order valence-electron chi connectivity index (χ0n) is 12.3. The second-order valence-corrected chi connectivity index (χ2v) is 5.30. The highest BCUT2D eigenvalue weighted by atomic mass is 19.3. The molecule has 0 saturated heterocycles. The molecule has 0 amide bonds. The summed E-state index contributed by atoms with van der Waals surface area (Å²) in [4.78, 5) is 13.1. The van der Waals surface area contributed by atoms with E-state index in [4.69, 9.17) is 0 Å². The van der Waals surface area contributed by atoms with Crippen LogP contribution in [0.25, 0.3) is 22.3 Å². The van der Waals surface area contributed by atoms with Gasteiger partial charge in [0, 0.05) is 30.1 Å². The number of rotatable bonds is 1. The molecule has 0 aliphatic carbocycles. The lowest BCUT2D eigenvalue weighted by atomic mass is 10.1. The Kier molecular flexibility index (Phi) is 2.75. The fraction of sp³-hybridized carbons (Fsp3) is 0.188. The molecule has 5 nitrogen and oxygen atoms in total. The Morgan fingerprint density at radius 3 is 2.30 bits per heavy atom. The van der Waals surface area contributed by atoms with Crippen LogP contribution in [0.5, 0.6) is 11.5 Å². The highest BCUT2D eigenvalue weighted by Crippen LogP contribution is 2.43. The fourth-order valence-electron chi connectivity index (χ4n) is 2.58. The van der Waals surface area contributed by atoms with E-state index in [9.17, 15) is 8.78 Å². The third kappa shape index (κ3) is 2.25. The number of fused-ring (bicyclic) bond motifs is 2. The molecule has 0 bridgehead atoms. The molecule has 0 radical (unpaired) electrons. The first kappa shape index (κ1) is 13.8. The van der Waals surface area contributed by atoms with Gasteiger partial charge in [0.1, 0.15) is 0 Å². The van der Waals surface area contributed by atoms with E-state index < -0.39 is 6.29 Å². The molecule has 2 aromatic heterocycles. The Hall–Kier alpha value is -2.83. The minimum absolute atomic E-state index is 0.0379. The summed E-state index contributed by atoms with van der Waals surface area (Å²) in [5.74, 6) is -0.0814. The summed E-state index contributed by atoms with van der Waals surface area (Å²) in [6.45, 7) is 3.74. The average molecular weight is 315 g/mol. The summed E-state index contributed by atoms with van der Waals surface area (Å²) >= 11 is 0. The molecule has 23 heavy (non-hydrogen) atoms. The summed E-state index contributed by atoms with van der Waals surface area (Å²) in [5, 5.41) is 0. The molecule has 3 aromatic rings. The molecule has 1 aromatic carbocycles. The van der Waals surface area contributed by atoms with Crippen LogP contribution in [0.2, 0.25) is 0 Å². The van der Waals surface area contributed by atoms with Gasteiger partial charge in [-0.15, -0.1) is 8.78 Å². The van der Waals surface area contributed by atoms with E-state index >= 15 is 0 Å². The van der Waals surface area contributed by atoms with Gasteiger partial charge >= 0.3 is 6.29 Å². The van der Waals surface area contributed by atoms with Crippen molar-refractivity contribution in [1.82, 2.24) is 15.0 Å². The Balaban J connectivity index is 1.92. The van der Waals surface area contributed by atoms with Crippen LogP contribution in [-0.2, 0) is 0 Å². The largest absolute Gasteiger partial charge is 0.586 e. The maximum Gasteiger partial charge on any atom is 0.586 e. The minimum atomic E-state index is -3.65. The SMILES string of the molecule is Cc1cnccc1-c1nc2cc3c(cc2nc1C)OC(F)(F)O3. The molecule has 0 fully saturated rings. The molecule has 0 saturated carbocycles. The van der Waals surface area contributed by atoms with Gasteiger partial charge in [-0.25, -0.2) is 9.97 Å². The highest BCUT2D eigenvalue weighted by Gasteiger charge is 2.43. The Morgan fingerprint density at radius 1 is 1.00 bits per heavy atom. The number of ether oxygens (including phenoxy) is 2. The lowest BCUT2D eigenvalue weighted by Gasteiger charge is -2.09. The quantitative estimate of drug-likeness (QED) is 0.686. The molecule has 0 unspecified atom stereocenters. The highest BCUT2D eigenvalue weighted by molar-refractivity contribution is 5.82. The molecule has 3 heterocycles. The first-order valence-corrected chi connectivity index (χ1v) is 6.92. The summed E-state index contributed by atoms with van der Waals surface area (Å²) < 4.78 is 35.3. The number of halogens is 2. The first-order chi connectivity index (χ1) is 10.9. The maximum absolute atomic E-state index is 13.2. The second kappa shape index (κ2) is 4.58. The Morgan fingerprint density at radius 2 is 1.65 bits per heavy atom.